The largest absolute Gasteiger partial charge is 0.359 e. The van der Waals surface area contributed by atoms with Crippen molar-refractivity contribution in [3.63, 3.8) is 0 Å². The monoisotopic (exact) mass is 201 g/mol. The molecule has 0 aromatic carbocycles. The van der Waals surface area contributed by atoms with E-state index in [0.717, 1.165) is 12.8 Å². The Hall–Kier alpha value is -0.650. The molecule has 2 atom stereocenters. The Morgan fingerprint density at radius 2 is 2.21 bits per heavy atom. The van der Waals surface area contributed by atoms with Crippen LogP contribution in [0.5, 0.6) is 0 Å². The van der Waals surface area contributed by atoms with Gasteiger partial charge in [0.1, 0.15) is 5.54 Å². The molecule has 0 aliphatic carbocycles. The molecule has 1 saturated heterocycles. The molecular weight excluding hydrogens is 182 g/mol. The molecule has 0 aromatic heterocycles. The number of nitrogens with one attached hydrogen (secondary N) is 2. The number of rotatable bonds is 4. The Morgan fingerprint density at radius 1 is 1.57 bits per heavy atom. The Kier molecular flexibility index (Phi) is 3.14. The number of carbonyl (C=O) groups is 1. The third-order valence-corrected chi connectivity index (χ3v) is 2.58. The molecule has 0 radical (unpaired) electrons. The van der Waals surface area contributed by atoms with Gasteiger partial charge < -0.3 is 16.2 Å². The van der Waals surface area contributed by atoms with Gasteiger partial charge in [-0.25, -0.2) is 0 Å². The van der Waals surface area contributed by atoms with Crippen LogP contribution in [0.1, 0.15) is 33.1 Å². The lowest BCUT2D eigenvalue weighted by molar-refractivity contribution is -0.125. The van der Waals surface area contributed by atoms with E-state index in [9.17, 15) is 9.90 Å². The number of amides is 1. The fraction of sp³-hybridized carbons (Fsp3) is 0.889. The summed E-state index contributed by atoms with van der Waals surface area (Å²) < 4.78 is 0. The first kappa shape index (κ1) is 11.4. The SMILES string of the molecule is CCCCC1(CN)NC(C)(O)NC1=O. The van der Waals surface area contributed by atoms with E-state index in [1.165, 1.54) is 6.92 Å². The molecule has 2 unspecified atom stereocenters. The summed E-state index contributed by atoms with van der Waals surface area (Å²) in [7, 11) is 0. The summed E-state index contributed by atoms with van der Waals surface area (Å²) in [4.78, 5) is 11.6. The molecule has 5 heteroatoms. The van der Waals surface area contributed by atoms with Crippen LogP contribution in [0.2, 0.25) is 0 Å². The molecule has 0 bridgehead atoms. The molecule has 1 aliphatic rings. The van der Waals surface area contributed by atoms with Gasteiger partial charge in [-0.1, -0.05) is 19.8 Å². The van der Waals surface area contributed by atoms with E-state index >= 15 is 0 Å². The van der Waals surface area contributed by atoms with Crippen LogP contribution in [0.25, 0.3) is 0 Å². The Morgan fingerprint density at radius 3 is 2.57 bits per heavy atom. The second-order valence-corrected chi connectivity index (χ2v) is 4.04. The summed E-state index contributed by atoms with van der Waals surface area (Å²) in [5, 5.41) is 14.9. The van der Waals surface area contributed by atoms with Crippen molar-refractivity contribution in [3.05, 3.63) is 0 Å². The lowest BCUT2D eigenvalue weighted by Crippen LogP contribution is -2.56. The molecule has 1 heterocycles. The van der Waals surface area contributed by atoms with Gasteiger partial charge in [0, 0.05) is 6.54 Å². The standard InChI is InChI=1S/C9H19N3O2/c1-3-4-5-9(6-10)7(13)11-8(2,14)12-9/h12,14H,3-6,10H2,1-2H3,(H,11,13). The minimum Gasteiger partial charge on any atom is -0.359 e. The maximum atomic E-state index is 11.6. The Labute approximate surface area is 84.0 Å². The normalized spacial score (nSPS) is 37.3. The fourth-order valence-electron chi connectivity index (χ4n) is 1.80. The molecular formula is C9H19N3O2. The highest BCUT2D eigenvalue weighted by Gasteiger charge is 2.49. The zero-order valence-electron chi connectivity index (χ0n) is 8.76. The number of nitrogens with two attached hydrogens (primary N) is 1. The van der Waals surface area contributed by atoms with Crippen molar-refractivity contribution in [1.82, 2.24) is 10.6 Å². The average molecular weight is 201 g/mol. The van der Waals surface area contributed by atoms with Crippen molar-refractivity contribution in [2.24, 2.45) is 5.73 Å². The van der Waals surface area contributed by atoms with Gasteiger partial charge in [-0.3, -0.25) is 10.1 Å². The van der Waals surface area contributed by atoms with Gasteiger partial charge in [-0.05, 0) is 13.3 Å². The van der Waals surface area contributed by atoms with E-state index in [4.69, 9.17) is 5.73 Å². The molecule has 14 heavy (non-hydrogen) atoms. The van der Waals surface area contributed by atoms with E-state index in [0.29, 0.717) is 6.42 Å². The first-order valence-electron chi connectivity index (χ1n) is 5.00. The molecule has 1 aliphatic heterocycles. The van der Waals surface area contributed by atoms with Gasteiger partial charge in [-0.15, -0.1) is 0 Å². The first-order valence-corrected chi connectivity index (χ1v) is 5.00. The predicted octanol–water partition coefficient (Wildman–Crippen LogP) is -0.740. The second kappa shape index (κ2) is 3.84. The van der Waals surface area contributed by atoms with Crippen LogP contribution >= 0.6 is 0 Å². The molecule has 5 N–H and O–H groups in total. The molecule has 5 nitrogen and oxygen atoms in total. The van der Waals surface area contributed by atoms with Gasteiger partial charge in [0.25, 0.3) is 0 Å². The summed E-state index contributed by atoms with van der Waals surface area (Å²) >= 11 is 0. The van der Waals surface area contributed by atoms with Gasteiger partial charge in [0.15, 0.2) is 5.85 Å². The smallest absolute Gasteiger partial charge is 0.244 e. The number of unbranched alkanes of at least 4 members (excludes halogenated alkanes) is 1. The molecule has 1 amide bonds. The van der Waals surface area contributed by atoms with E-state index < -0.39 is 11.4 Å². The molecule has 0 saturated carbocycles. The summed E-state index contributed by atoms with van der Waals surface area (Å²) in [6.07, 6.45) is 2.56. The first-order chi connectivity index (χ1) is 6.46. The van der Waals surface area contributed by atoms with Gasteiger partial charge in [0.05, 0.1) is 0 Å². The highest BCUT2D eigenvalue weighted by atomic mass is 16.3. The summed E-state index contributed by atoms with van der Waals surface area (Å²) in [5.41, 5.74) is 4.79. The third kappa shape index (κ3) is 2.05. The molecule has 0 spiro atoms. The van der Waals surface area contributed by atoms with Crippen LogP contribution in [0.15, 0.2) is 0 Å². The van der Waals surface area contributed by atoms with Crippen LogP contribution in [0.4, 0.5) is 0 Å². The highest BCUT2D eigenvalue weighted by molar-refractivity contribution is 5.89. The maximum absolute atomic E-state index is 11.6. The highest BCUT2D eigenvalue weighted by Crippen LogP contribution is 2.22. The van der Waals surface area contributed by atoms with E-state index in [2.05, 4.69) is 17.6 Å². The van der Waals surface area contributed by atoms with Gasteiger partial charge in [0.2, 0.25) is 5.91 Å². The van der Waals surface area contributed by atoms with Gasteiger partial charge in [-0.2, -0.15) is 0 Å². The quantitative estimate of drug-likeness (QED) is 0.482. The Bertz CT molecular complexity index is 230. The zero-order valence-corrected chi connectivity index (χ0v) is 8.76. The number of hydrogen-bond donors (Lipinski definition) is 4. The van der Waals surface area contributed by atoms with E-state index in [1.807, 2.05) is 0 Å². The predicted molar refractivity (Wildman–Crippen MR) is 53.2 cm³/mol. The minimum atomic E-state index is -1.33. The molecule has 0 aromatic rings. The van der Waals surface area contributed by atoms with Crippen molar-refractivity contribution in [2.75, 3.05) is 6.54 Å². The van der Waals surface area contributed by atoms with Crippen LogP contribution < -0.4 is 16.4 Å². The van der Waals surface area contributed by atoms with Crippen LogP contribution in [0, 0.1) is 0 Å². The number of aliphatic hydroxyl groups is 1. The lowest BCUT2D eigenvalue weighted by atomic mass is 9.93. The van der Waals surface area contributed by atoms with Gasteiger partial charge >= 0.3 is 0 Å². The van der Waals surface area contributed by atoms with Crippen molar-refractivity contribution in [3.8, 4) is 0 Å². The lowest BCUT2D eigenvalue weighted by Gasteiger charge is -2.26. The van der Waals surface area contributed by atoms with Crippen molar-refractivity contribution >= 4 is 5.91 Å². The number of carbonyl (C=O) groups excluding carboxylic acids is 1. The van der Waals surface area contributed by atoms with E-state index in [1.54, 1.807) is 0 Å². The average Bonchev–Trinajstić information content (AvgIpc) is 2.33. The fourth-order valence-corrected chi connectivity index (χ4v) is 1.80. The Balaban J connectivity index is 2.74. The second-order valence-electron chi connectivity index (χ2n) is 4.04. The van der Waals surface area contributed by atoms with Crippen LogP contribution in [-0.2, 0) is 4.79 Å². The summed E-state index contributed by atoms with van der Waals surface area (Å²) in [6, 6.07) is 0. The van der Waals surface area contributed by atoms with Crippen molar-refractivity contribution < 1.29 is 9.90 Å². The topological polar surface area (TPSA) is 87.4 Å². The molecule has 82 valence electrons. The zero-order chi connectivity index (χ0) is 10.8. The number of hydrogen-bond acceptors (Lipinski definition) is 4. The summed E-state index contributed by atoms with van der Waals surface area (Å²) in [5.74, 6) is -1.54. The van der Waals surface area contributed by atoms with Crippen molar-refractivity contribution in [1.29, 1.82) is 0 Å². The van der Waals surface area contributed by atoms with Crippen LogP contribution in [0.3, 0.4) is 0 Å². The van der Waals surface area contributed by atoms with E-state index in [-0.39, 0.29) is 12.5 Å². The molecule has 1 rings (SSSR count). The maximum Gasteiger partial charge on any atom is 0.244 e. The van der Waals surface area contributed by atoms with Crippen LogP contribution in [-0.4, -0.2) is 28.9 Å². The minimum absolute atomic E-state index is 0.203. The molecule has 1 fully saturated rings. The van der Waals surface area contributed by atoms with Crippen molar-refractivity contribution in [2.45, 2.75) is 44.5 Å². The summed E-state index contributed by atoms with van der Waals surface area (Å²) in [6.45, 7) is 3.76. The third-order valence-electron chi connectivity index (χ3n) is 2.58.